The number of hydrogen-bond donors (Lipinski definition) is 1. The number of benzene rings is 1. The van der Waals surface area contributed by atoms with Crippen molar-refractivity contribution in [1.82, 2.24) is 4.98 Å². The molecule has 0 amide bonds. The average Bonchev–Trinajstić information content (AvgIpc) is 2.33. The number of halogens is 2. The van der Waals surface area contributed by atoms with E-state index in [4.69, 9.17) is 22.7 Å². The van der Waals surface area contributed by atoms with Crippen molar-refractivity contribution in [3.8, 4) is 11.6 Å². The van der Waals surface area contributed by atoms with Gasteiger partial charge in [0.2, 0.25) is 5.88 Å². The molecule has 0 saturated carbocycles. The molecule has 0 fully saturated rings. The summed E-state index contributed by atoms with van der Waals surface area (Å²) in [7, 11) is 0. The lowest BCUT2D eigenvalue weighted by Gasteiger charge is -2.11. The molecule has 2 aromatic rings. The highest BCUT2D eigenvalue weighted by Crippen LogP contribution is 2.29. The van der Waals surface area contributed by atoms with Gasteiger partial charge in [0.1, 0.15) is 4.99 Å². The number of ether oxygens (including phenoxy) is 1. The normalized spacial score (nSPS) is 10.3. The Labute approximate surface area is 123 Å². The lowest BCUT2D eigenvalue weighted by Crippen LogP contribution is -2.13. The van der Waals surface area contributed by atoms with Gasteiger partial charge in [-0.15, -0.1) is 0 Å². The Morgan fingerprint density at radius 2 is 2.16 bits per heavy atom. The van der Waals surface area contributed by atoms with E-state index in [0.29, 0.717) is 10.0 Å². The fourth-order valence-electron chi connectivity index (χ4n) is 1.57. The number of aromatic nitrogens is 1. The highest BCUT2D eigenvalue weighted by molar-refractivity contribution is 9.10. The van der Waals surface area contributed by atoms with E-state index >= 15 is 0 Å². The molecular formula is C13H10BrFN2OS. The molecule has 0 aliphatic carbocycles. The summed E-state index contributed by atoms with van der Waals surface area (Å²) in [6.07, 6.45) is 1.56. The molecule has 0 unspecified atom stereocenters. The summed E-state index contributed by atoms with van der Waals surface area (Å²) in [4.78, 5) is 4.22. The third kappa shape index (κ3) is 3.08. The number of aryl methyl sites for hydroxylation is 1. The highest BCUT2D eigenvalue weighted by atomic mass is 79.9. The first kappa shape index (κ1) is 13.9. The molecule has 2 N–H and O–H groups in total. The predicted molar refractivity (Wildman–Crippen MR) is 79.0 cm³/mol. The molecule has 0 bridgehead atoms. The SMILES string of the molecule is Cc1ccnc(Oc2cc(Br)ccc2F)c1C(N)=S. The van der Waals surface area contributed by atoms with Crippen LogP contribution in [0.2, 0.25) is 0 Å². The summed E-state index contributed by atoms with van der Waals surface area (Å²) in [5, 5.41) is 0. The minimum Gasteiger partial charge on any atom is -0.435 e. The second-order valence-corrected chi connectivity index (χ2v) is 5.20. The van der Waals surface area contributed by atoms with Crippen molar-refractivity contribution in [2.24, 2.45) is 5.73 Å². The maximum atomic E-state index is 13.7. The van der Waals surface area contributed by atoms with Gasteiger partial charge < -0.3 is 10.5 Å². The summed E-state index contributed by atoms with van der Waals surface area (Å²) in [6.45, 7) is 1.83. The Bertz CT molecular complexity index is 649. The number of hydrogen-bond acceptors (Lipinski definition) is 3. The van der Waals surface area contributed by atoms with Crippen molar-refractivity contribution in [3.05, 3.63) is 51.9 Å². The second-order valence-electron chi connectivity index (χ2n) is 3.85. The standard InChI is InChI=1S/C13H10BrFN2OS/c1-7-4-5-17-13(11(7)12(16)19)18-10-6-8(14)2-3-9(10)15/h2-6H,1H3,(H2,16,19). The van der Waals surface area contributed by atoms with Crippen molar-refractivity contribution in [2.45, 2.75) is 6.92 Å². The molecule has 0 aliphatic rings. The fraction of sp³-hybridized carbons (Fsp3) is 0.0769. The van der Waals surface area contributed by atoms with E-state index in [-0.39, 0.29) is 16.6 Å². The topological polar surface area (TPSA) is 48.1 Å². The Morgan fingerprint density at radius 3 is 2.84 bits per heavy atom. The van der Waals surface area contributed by atoms with Crippen LogP contribution in [0.5, 0.6) is 11.6 Å². The van der Waals surface area contributed by atoms with Gasteiger partial charge in [0.25, 0.3) is 0 Å². The van der Waals surface area contributed by atoms with Crippen LogP contribution >= 0.6 is 28.1 Å². The van der Waals surface area contributed by atoms with Crippen LogP contribution in [0.3, 0.4) is 0 Å². The van der Waals surface area contributed by atoms with Crippen LogP contribution in [0.1, 0.15) is 11.1 Å². The van der Waals surface area contributed by atoms with Gasteiger partial charge in [0.05, 0.1) is 5.56 Å². The molecule has 0 saturated heterocycles. The monoisotopic (exact) mass is 340 g/mol. The van der Waals surface area contributed by atoms with Gasteiger partial charge in [-0.05, 0) is 36.8 Å². The number of nitrogens with zero attached hydrogens (tertiary/aromatic N) is 1. The van der Waals surface area contributed by atoms with Crippen LogP contribution in [0.25, 0.3) is 0 Å². The van der Waals surface area contributed by atoms with E-state index in [9.17, 15) is 4.39 Å². The molecule has 19 heavy (non-hydrogen) atoms. The largest absolute Gasteiger partial charge is 0.435 e. The zero-order valence-corrected chi connectivity index (χ0v) is 12.4. The van der Waals surface area contributed by atoms with Crippen LogP contribution < -0.4 is 10.5 Å². The molecule has 0 spiro atoms. The zero-order chi connectivity index (χ0) is 14.0. The maximum Gasteiger partial charge on any atom is 0.229 e. The fourth-order valence-corrected chi connectivity index (χ4v) is 2.16. The minimum atomic E-state index is -0.486. The Balaban J connectivity index is 2.46. The summed E-state index contributed by atoms with van der Waals surface area (Å²) in [5.41, 5.74) is 6.98. The molecule has 2 rings (SSSR count). The molecular weight excluding hydrogens is 331 g/mol. The molecule has 0 aliphatic heterocycles. The van der Waals surface area contributed by atoms with Gasteiger partial charge in [-0.1, -0.05) is 28.1 Å². The maximum absolute atomic E-state index is 13.7. The van der Waals surface area contributed by atoms with Gasteiger partial charge in [-0.25, -0.2) is 9.37 Å². The first-order valence-corrected chi connectivity index (χ1v) is 6.57. The van der Waals surface area contributed by atoms with Crippen molar-refractivity contribution < 1.29 is 9.13 Å². The lowest BCUT2D eigenvalue weighted by molar-refractivity contribution is 0.426. The molecule has 1 heterocycles. The van der Waals surface area contributed by atoms with Crippen LogP contribution in [-0.2, 0) is 0 Å². The number of rotatable bonds is 3. The lowest BCUT2D eigenvalue weighted by atomic mass is 10.1. The van der Waals surface area contributed by atoms with Gasteiger partial charge in [-0.2, -0.15) is 0 Å². The van der Waals surface area contributed by atoms with E-state index in [0.717, 1.165) is 5.56 Å². The zero-order valence-electron chi connectivity index (χ0n) is 9.98. The quantitative estimate of drug-likeness (QED) is 0.865. The number of pyridine rings is 1. The average molecular weight is 341 g/mol. The summed E-state index contributed by atoms with van der Waals surface area (Å²) < 4.78 is 19.8. The van der Waals surface area contributed by atoms with Crippen molar-refractivity contribution in [3.63, 3.8) is 0 Å². The molecule has 6 heteroatoms. The first-order valence-electron chi connectivity index (χ1n) is 5.37. The highest BCUT2D eigenvalue weighted by Gasteiger charge is 2.14. The van der Waals surface area contributed by atoms with Crippen LogP contribution in [0, 0.1) is 12.7 Å². The molecule has 0 atom stereocenters. The van der Waals surface area contributed by atoms with Crippen LogP contribution in [-0.4, -0.2) is 9.97 Å². The van der Waals surface area contributed by atoms with Gasteiger partial charge in [0, 0.05) is 10.7 Å². The van der Waals surface area contributed by atoms with E-state index in [2.05, 4.69) is 20.9 Å². The molecule has 0 radical (unpaired) electrons. The Morgan fingerprint density at radius 1 is 1.42 bits per heavy atom. The summed E-state index contributed by atoms with van der Waals surface area (Å²) >= 11 is 8.22. The van der Waals surface area contributed by atoms with E-state index in [1.54, 1.807) is 18.3 Å². The third-order valence-electron chi connectivity index (χ3n) is 2.47. The summed E-state index contributed by atoms with van der Waals surface area (Å²) in [6, 6.07) is 6.16. The van der Waals surface area contributed by atoms with Crippen molar-refractivity contribution >= 4 is 33.1 Å². The number of nitrogens with two attached hydrogens (primary N) is 1. The smallest absolute Gasteiger partial charge is 0.229 e. The third-order valence-corrected chi connectivity index (χ3v) is 3.17. The molecule has 98 valence electrons. The van der Waals surface area contributed by atoms with Gasteiger partial charge in [0.15, 0.2) is 11.6 Å². The van der Waals surface area contributed by atoms with Crippen LogP contribution in [0.15, 0.2) is 34.9 Å². The predicted octanol–water partition coefficient (Wildman–Crippen LogP) is 3.72. The molecule has 3 nitrogen and oxygen atoms in total. The molecule has 1 aromatic heterocycles. The van der Waals surface area contributed by atoms with Crippen molar-refractivity contribution in [2.75, 3.05) is 0 Å². The first-order chi connectivity index (χ1) is 8.99. The van der Waals surface area contributed by atoms with Crippen LogP contribution in [0.4, 0.5) is 4.39 Å². The molecule has 1 aromatic carbocycles. The second kappa shape index (κ2) is 5.63. The van der Waals surface area contributed by atoms with Crippen molar-refractivity contribution in [1.29, 1.82) is 0 Å². The van der Waals surface area contributed by atoms with E-state index < -0.39 is 5.82 Å². The summed E-state index contributed by atoms with van der Waals surface area (Å²) in [5.74, 6) is -0.227. The van der Waals surface area contributed by atoms with E-state index in [1.165, 1.54) is 12.1 Å². The van der Waals surface area contributed by atoms with Gasteiger partial charge in [-0.3, -0.25) is 0 Å². The van der Waals surface area contributed by atoms with E-state index in [1.807, 2.05) is 6.92 Å². The Hall–Kier alpha value is -1.53. The van der Waals surface area contributed by atoms with Gasteiger partial charge >= 0.3 is 0 Å². The minimum absolute atomic E-state index is 0.0602. The Kier molecular flexibility index (Phi) is 4.11. The number of thiocarbonyl (C=S) groups is 1.